The summed E-state index contributed by atoms with van der Waals surface area (Å²) >= 11 is 6.08. The van der Waals surface area contributed by atoms with Gasteiger partial charge in [-0.3, -0.25) is 4.79 Å². The topological polar surface area (TPSA) is 50.4 Å². The van der Waals surface area contributed by atoms with E-state index in [0.717, 1.165) is 36.1 Å². The molecule has 2 N–H and O–H groups in total. The molecular weight excluding hydrogens is 646 g/mol. The highest BCUT2D eigenvalue weighted by Crippen LogP contribution is 2.34. The molecule has 1 fully saturated rings. The maximum Gasteiger partial charge on any atom is 0.260 e. The number of carbonyl (C=O) groups excluding carboxylic acids is 1. The van der Waals surface area contributed by atoms with Gasteiger partial charge in [-0.1, -0.05) is 61.2 Å². The number of hydrogen-bond donors (Lipinski definition) is 2. The van der Waals surface area contributed by atoms with Crippen LogP contribution in [0.4, 0.5) is 5.69 Å². The number of carbonyl (C=O) groups is 1. The van der Waals surface area contributed by atoms with Gasteiger partial charge in [0, 0.05) is 5.69 Å². The van der Waals surface area contributed by atoms with Crippen LogP contribution in [0.3, 0.4) is 0 Å². The highest BCUT2D eigenvalue weighted by atomic mass is 127. The van der Waals surface area contributed by atoms with E-state index in [-0.39, 0.29) is 11.4 Å². The lowest BCUT2D eigenvalue weighted by atomic mass is 10.1. The van der Waals surface area contributed by atoms with Crippen LogP contribution in [0.25, 0.3) is 6.08 Å². The van der Waals surface area contributed by atoms with Gasteiger partial charge in [0.15, 0.2) is 5.50 Å². The molecule has 0 radical (unpaired) electrons. The van der Waals surface area contributed by atoms with Gasteiger partial charge in [-0.05, 0) is 98.6 Å². The molecule has 0 unspecified atom stereocenters. The second-order valence-corrected chi connectivity index (χ2v) is 10.7. The first-order valence-electron chi connectivity index (χ1n) is 10.2. The van der Waals surface area contributed by atoms with Crippen molar-refractivity contribution in [2.45, 2.75) is 25.4 Å². The Hall–Kier alpha value is -1.72. The summed E-state index contributed by atoms with van der Waals surface area (Å²) < 4.78 is 8.11. The molecule has 0 spiro atoms. The quantitative estimate of drug-likeness (QED) is 0.219. The molecule has 0 bridgehead atoms. The third-order valence-electron chi connectivity index (χ3n) is 4.94. The molecule has 0 aliphatic carbocycles. The zero-order valence-electron chi connectivity index (χ0n) is 17.4. The Morgan fingerprint density at radius 1 is 1.03 bits per heavy atom. The fourth-order valence-electron chi connectivity index (χ4n) is 3.24. The van der Waals surface area contributed by atoms with Gasteiger partial charge in [0.25, 0.3) is 5.91 Å². The SMILES string of the molecule is CCc1ccc(N[C@H]2NC(=O)/C(=C/c3cc(I)c(OCc4ccccc4)c(I)c3)S2)cc1. The first-order chi connectivity index (χ1) is 15.5. The molecule has 7 heteroatoms. The summed E-state index contributed by atoms with van der Waals surface area (Å²) in [5.74, 6) is 0.808. The van der Waals surface area contributed by atoms with Crippen molar-refractivity contribution in [3.8, 4) is 5.75 Å². The molecule has 32 heavy (non-hydrogen) atoms. The zero-order valence-corrected chi connectivity index (χ0v) is 22.5. The number of anilines is 1. The highest BCUT2D eigenvalue weighted by molar-refractivity contribution is 14.1. The molecular formula is C25H22I2N2O2S. The number of aryl methyl sites for hydroxylation is 1. The highest BCUT2D eigenvalue weighted by Gasteiger charge is 2.27. The number of halogens is 2. The average Bonchev–Trinajstić information content (AvgIpc) is 3.12. The van der Waals surface area contributed by atoms with Crippen molar-refractivity contribution < 1.29 is 9.53 Å². The predicted molar refractivity (Wildman–Crippen MR) is 150 cm³/mol. The number of thioether (sulfide) groups is 1. The van der Waals surface area contributed by atoms with Crippen molar-refractivity contribution in [1.82, 2.24) is 5.32 Å². The minimum Gasteiger partial charge on any atom is -0.487 e. The molecule has 1 saturated heterocycles. The molecule has 1 aliphatic rings. The number of rotatable bonds is 7. The Morgan fingerprint density at radius 2 is 1.72 bits per heavy atom. The van der Waals surface area contributed by atoms with E-state index in [0.29, 0.717) is 11.5 Å². The van der Waals surface area contributed by atoms with Gasteiger partial charge in [-0.15, -0.1) is 0 Å². The summed E-state index contributed by atoms with van der Waals surface area (Å²) in [7, 11) is 0. The largest absolute Gasteiger partial charge is 0.487 e. The van der Waals surface area contributed by atoms with E-state index >= 15 is 0 Å². The van der Waals surface area contributed by atoms with Crippen LogP contribution in [-0.4, -0.2) is 11.4 Å². The number of hydrogen-bond acceptors (Lipinski definition) is 4. The molecule has 3 aromatic carbocycles. The van der Waals surface area contributed by atoms with E-state index in [2.05, 4.69) is 87.0 Å². The van der Waals surface area contributed by atoms with E-state index in [1.54, 1.807) is 0 Å². The van der Waals surface area contributed by atoms with E-state index in [1.165, 1.54) is 17.3 Å². The minimum atomic E-state index is -0.187. The van der Waals surface area contributed by atoms with E-state index in [1.807, 2.05) is 48.5 Å². The monoisotopic (exact) mass is 668 g/mol. The molecule has 1 heterocycles. The standard InChI is InChI=1S/C25H22I2N2O2S/c1-2-16-8-10-19(11-9-16)28-25-29-24(30)22(32-25)14-18-12-20(26)23(21(27)13-18)31-15-17-6-4-3-5-7-17/h3-14,25,28H,2,15H2,1H3,(H,29,30)/b22-14-/t25-/m0/s1. The Labute approximate surface area is 219 Å². The van der Waals surface area contributed by atoms with Crippen molar-refractivity contribution >= 4 is 74.6 Å². The van der Waals surface area contributed by atoms with Crippen LogP contribution in [0.15, 0.2) is 71.6 Å². The molecule has 1 amide bonds. The molecule has 4 nitrogen and oxygen atoms in total. The third-order valence-corrected chi connectivity index (χ3v) is 7.57. The van der Waals surface area contributed by atoms with Gasteiger partial charge in [0.2, 0.25) is 0 Å². The van der Waals surface area contributed by atoms with Gasteiger partial charge >= 0.3 is 0 Å². The predicted octanol–water partition coefficient (Wildman–Crippen LogP) is 6.64. The van der Waals surface area contributed by atoms with Crippen molar-refractivity contribution in [1.29, 1.82) is 0 Å². The average molecular weight is 668 g/mol. The summed E-state index contributed by atoms with van der Waals surface area (Å²) in [4.78, 5) is 13.2. The zero-order chi connectivity index (χ0) is 22.5. The first-order valence-corrected chi connectivity index (χ1v) is 13.3. The van der Waals surface area contributed by atoms with Crippen LogP contribution in [0.2, 0.25) is 0 Å². The van der Waals surface area contributed by atoms with Gasteiger partial charge < -0.3 is 15.4 Å². The summed E-state index contributed by atoms with van der Waals surface area (Å²) in [5, 5.41) is 6.37. The molecule has 3 aromatic rings. The molecule has 1 atom stereocenters. The Kier molecular flexibility index (Phi) is 8.01. The van der Waals surface area contributed by atoms with Crippen LogP contribution in [0.1, 0.15) is 23.6 Å². The van der Waals surface area contributed by atoms with Crippen LogP contribution >= 0.6 is 56.9 Å². The lowest BCUT2D eigenvalue weighted by Crippen LogP contribution is -2.30. The van der Waals surface area contributed by atoms with Gasteiger partial charge in [-0.25, -0.2) is 0 Å². The minimum absolute atomic E-state index is 0.0629. The van der Waals surface area contributed by atoms with E-state index in [9.17, 15) is 4.79 Å². The summed E-state index contributed by atoms with van der Waals surface area (Å²) in [6.07, 6.45) is 2.95. The molecule has 164 valence electrons. The van der Waals surface area contributed by atoms with Gasteiger partial charge in [0.1, 0.15) is 12.4 Å². The number of ether oxygens (including phenoxy) is 1. The molecule has 0 aromatic heterocycles. The Balaban J connectivity index is 1.44. The normalized spacial score (nSPS) is 16.8. The summed E-state index contributed by atoms with van der Waals surface area (Å²) in [5.41, 5.74) is 4.21. The van der Waals surface area contributed by atoms with Crippen LogP contribution in [0.5, 0.6) is 5.75 Å². The second kappa shape index (κ2) is 10.9. The van der Waals surface area contributed by atoms with Gasteiger partial charge in [0.05, 0.1) is 12.0 Å². The maximum atomic E-state index is 12.5. The fourth-order valence-corrected chi connectivity index (χ4v) is 6.35. The van der Waals surface area contributed by atoms with Crippen LogP contribution < -0.4 is 15.4 Å². The Morgan fingerprint density at radius 3 is 2.38 bits per heavy atom. The van der Waals surface area contributed by atoms with Gasteiger partial charge in [-0.2, -0.15) is 0 Å². The maximum absolute atomic E-state index is 12.5. The number of benzene rings is 3. The first kappa shape index (κ1) is 23.4. The van der Waals surface area contributed by atoms with E-state index in [4.69, 9.17) is 4.74 Å². The fraction of sp³-hybridized carbons (Fsp3) is 0.160. The van der Waals surface area contributed by atoms with E-state index < -0.39 is 0 Å². The molecule has 1 aliphatic heterocycles. The smallest absolute Gasteiger partial charge is 0.260 e. The lowest BCUT2D eigenvalue weighted by molar-refractivity contribution is -0.116. The lowest BCUT2D eigenvalue weighted by Gasteiger charge is -2.13. The van der Waals surface area contributed by atoms with Crippen LogP contribution in [-0.2, 0) is 17.8 Å². The molecule has 0 saturated carbocycles. The second-order valence-electron chi connectivity index (χ2n) is 7.26. The summed E-state index contributed by atoms with van der Waals surface area (Å²) in [6, 6.07) is 22.5. The Bertz CT molecular complexity index is 1110. The van der Waals surface area contributed by atoms with Crippen molar-refractivity contribution in [3.05, 3.63) is 95.5 Å². The number of nitrogens with one attached hydrogen (secondary N) is 2. The van der Waals surface area contributed by atoms with Crippen LogP contribution in [0, 0.1) is 7.14 Å². The third kappa shape index (κ3) is 5.99. The molecule has 4 rings (SSSR count). The number of amides is 1. The van der Waals surface area contributed by atoms with Crippen molar-refractivity contribution in [2.75, 3.05) is 5.32 Å². The van der Waals surface area contributed by atoms with Crippen molar-refractivity contribution in [3.63, 3.8) is 0 Å². The van der Waals surface area contributed by atoms with Crippen molar-refractivity contribution in [2.24, 2.45) is 0 Å². The summed E-state index contributed by atoms with van der Waals surface area (Å²) in [6.45, 7) is 2.66.